The Morgan fingerprint density at radius 1 is 1.20 bits per heavy atom. The van der Waals surface area contributed by atoms with Crippen molar-refractivity contribution >= 4 is 27.5 Å². The van der Waals surface area contributed by atoms with Gasteiger partial charge in [0, 0.05) is 4.47 Å². The first-order chi connectivity index (χ1) is 9.55. The summed E-state index contributed by atoms with van der Waals surface area (Å²) in [6.07, 6.45) is 0. The lowest BCUT2D eigenvalue weighted by Gasteiger charge is -2.19. The Morgan fingerprint density at radius 3 is 2.55 bits per heavy atom. The third-order valence-electron chi connectivity index (χ3n) is 3.07. The predicted molar refractivity (Wildman–Crippen MR) is 86.0 cm³/mol. The average molecular weight is 356 g/mol. The van der Waals surface area contributed by atoms with Crippen LogP contribution in [0.25, 0.3) is 0 Å². The van der Waals surface area contributed by atoms with Crippen LogP contribution in [0.3, 0.4) is 0 Å². The van der Waals surface area contributed by atoms with Crippen LogP contribution in [0.15, 0.2) is 40.9 Å². The molecule has 0 fully saturated rings. The monoisotopic (exact) mass is 354 g/mol. The summed E-state index contributed by atoms with van der Waals surface area (Å²) in [5.74, 6) is 6.36. The number of ether oxygens (including phenoxy) is 1. The molecule has 0 spiro atoms. The molecule has 3 nitrogen and oxygen atoms in total. The Kier molecular flexibility index (Phi) is 5.05. The molecule has 5 heteroatoms. The zero-order valence-electron chi connectivity index (χ0n) is 11.3. The third-order valence-corrected chi connectivity index (χ3v) is 3.84. The average Bonchev–Trinajstić information content (AvgIpc) is 2.40. The van der Waals surface area contributed by atoms with Crippen LogP contribution in [0.4, 0.5) is 0 Å². The lowest BCUT2D eigenvalue weighted by Crippen LogP contribution is -2.28. The Labute approximate surface area is 132 Å². The smallest absolute Gasteiger partial charge is 0.137 e. The van der Waals surface area contributed by atoms with Crippen molar-refractivity contribution in [1.82, 2.24) is 5.43 Å². The lowest BCUT2D eigenvalue weighted by atomic mass is 9.98. The van der Waals surface area contributed by atoms with Crippen LogP contribution in [0, 0.1) is 6.92 Å². The van der Waals surface area contributed by atoms with E-state index in [4.69, 9.17) is 22.2 Å². The standard InChI is InChI=1S/C15H16BrClN2O/c1-9-5-11(7-12(16)6-9)15(19-18)10-3-4-13(17)14(8-10)20-2/h3-8,15,19H,18H2,1-2H3. The van der Waals surface area contributed by atoms with Crippen LogP contribution in [0.2, 0.25) is 5.02 Å². The molecule has 0 radical (unpaired) electrons. The highest BCUT2D eigenvalue weighted by Gasteiger charge is 2.15. The number of nitrogens with two attached hydrogens (primary N) is 1. The molecule has 2 rings (SSSR count). The molecule has 2 aromatic carbocycles. The largest absolute Gasteiger partial charge is 0.495 e. The summed E-state index contributed by atoms with van der Waals surface area (Å²) in [6, 6.07) is 11.7. The number of hydrogen-bond acceptors (Lipinski definition) is 3. The normalized spacial score (nSPS) is 12.2. The van der Waals surface area contributed by atoms with Crippen molar-refractivity contribution in [1.29, 1.82) is 0 Å². The van der Waals surface area contributed by atoms with Crippen LogP contribution in [0.5, 0.6) is 5.75 Å². The van der Waals surface area contributed by atoms with Crippen molar-refractivity contribution < 1.29 is 4.74 Å². The zero-order chi connectivity index (χ0) is 14.7. The number of nitrogens with one attached hydrogen (secondary N) is 1. The fourth-order valence-electron chi connectivity index (χ4n) is 2.17. The molecule has 1 atom stereocenters. The molecular weight excluding hydrogens is 340 g/mol. The van der Waals surface area contributed by atoms with E-state index in [1.54, 1.807) is 7.11 Å². The Bertz CT molecular complexity index is 599. The number of aryl methyl sites for hydroxylation is 1. The zero-order valence-corrected chi connectivity index (χ0v) is 13.6. The summed E-state index contributed by atoms with van der Waals surface area (Å²) in [5, 5.41) is 0.581. The highest BCUT2D eigenvalue weighted by atomic mass is 79.9. The van der Waals surface area contributed by atoms with Crippen molar-refractivity contribution in [2.24, 2.45) is 5.84 Å². The maximum Gasteiger partial charge on any atom is 0.137 e. The Morgan fingerprint density at radius 2 is 1.95 bits per heavy atom. The molecule has 20 heavy (non-hydrogen) atoms. The first kappa shape index (κ1) is 15.3. The van der Waals surface area contributed by atoms with E-state index >= 15 is 0 Å². The van der Waals surface area contributed by atoms with Gasteiger partial charge in [-0.15, -0.1) is 0 Å². The van der Waals surface area contributed by atoms with Crippen molar-refractivity contribution in [3.05, 3.63) is 62.6 Å². The molecule has 3 N–H and O–H groups in total. The molecule has 0 aliphatic heterocycles. The predicted octanol–water partition coefficient (Wildman–Crippen LogP) is 3.97. The number of hydrogen-bond donors (Lipinski definition) is 2. The van der Waals surface area contributed by atoms with Crippen molar-refractivity contribution in [2.45, 2.75) is 13.0 Å². The Balaban J connectivity index is 2.46. The fraction of sp³-hybridized carbons (Fsp3) is 0.200. The highest BCUT2D eigenvalue weighted by molar-refractivity contribution is 9.10. The van der Waals surface area contributed by atoms with Crippen LogP contribution in [0.1, 0.15) is 22.7 Å². The van der Waals surface area contributed by atoms with Crippen LogP contribution < -0.4 is 16.0 Å². The van der Waals surface area contributed by atoms with Gasteiger partial charge in [0.15, 0.2) is 0 Å². The summed E-state index contributed by atoms with van der Waals surface area (Å²) in [7, 11) is 1.60. The van der Waals surface area contributed by atoms with Gasteiger partial charge in [-0.25, -0.2) is 5.43 Å². The van der Waals surface area contributed by atoms with Gasteiger partial charge >= 0.3 is 0 Å². The van der Waals surface area contributed by atoms with Gasteiger partial charge in [-0.1, -0.05) is 39.7 Å². The van der Waals surface area contributed by atoms with Crippen LogP contribution in [-0.4, -0.2) is 7.11 Å². The summed E-state index contributed by atoms with van der Waals surface area (Å²) >= 11 is 9.56. The fourth-order valence-corrected chi connectivity index (χ4v) is 2.99. The van der Waals surface area contributed by atoms with E-state index in [0.717, 1.165) is 21.2 Å². The van der Waals surface area contributed by atoms with Gasteiger partial charge in [0.05, 0.1) is 18.2 Å². The quantitative estimate of drug-likeness (QED) is 0.644. The molecule has 0 aliphatic rings. The number of halogens is 2. The molecule has 0 amide bonds. The summed E-state index contributed by atoms with van der Waals surface area (Å²) in [4.78, 5) is 0. The van der Waals surface area contributed by atoms with Gasteiger partial charge in [0.25, 0.3) is 0 Å². The van der Waals surface area contributed by atoms with E-state index in [1.807, 2.05) is 31.2 Å². The first-order valence-electron chi connectivity index (χ1n) is 6.12. The van der Waals surface area contributed by atoms with E-state index in [1.165, 1.54) is 0 Å². The topological polar surface area (TPSA) is 47.3 Å². The van der Waals surface area contributed by atoms with Crippen LogP contribution in [-0.2, 0) is 0 Å². The molecular formula is C15H16BrClN2O. The van der Waals surface area contributed by atoms with Gasteiger partial charge in [-0.05, 0) is 47.9 Å². The molecule has 0 saturated carbocycles. The summed E-state index contributed by atoms with van der Waals surface area (Å²) in [6.45, 7) is 2.05. The maximum atomic E-state index is 6.06. The molecule has 106 valence electrons. The van der Waals surface area contributed by atoms with Crippen LogP contribution >= 0.6 is 27.5 Å². The van der Waals surface area contributed by atoms with Gasteiger partial charge < -0.3 is 4.74 Å². The van der Waals surface area contributed by atoms with Gasteiger partial charge in [-0.3, -0.25) is 5.84 Å². The second-order valence-corrected chi connectivity index (χ2v) is 5.88. The molecule has 1 unspecified atom stereocenters. The van der Waals surface area contributed by atoms with E-state index in [-0.39, 0.29) is 6.04 Å². The maximum absolute atomic E-state index is 6.06. The second-order valence-electron chi connectivity index (χ2n) is 4.56. The summed E-state index contributed by atoms with van der Waals surface area (Å²) in [5.41, 5.74) is 6.07. The molecule has 2 aromatic rings. The van der Waals surface area contributed by atoms with E-state index < -0.39 is 0 Å². The minimum absolute atomic E-state index is 0.127. The molecule has 0 aliphatic carbocycles. The van der Waals surface area contributed by atoms with Crippen molar-refractivity contribution in [3.63, 3.8) is 0 Å². The number of hydrazine groups is 1. The SMILES string of the molecule is COc1cc(C(NN)c2cc(C)cc(Br)c2)ccc1Cl. The third kappa shape index (κ3) is 3.33. The first-order valence-corrected chi connectivity index (χ1v) is 7.29. The molecule has 0 saturated heterocycles. The van der Waals surface area contributed by atoms with Gasteiger partial charge in [0.2, 0.25) is 0 Å². The number of rotatable bonds is 4. The van der Waals surface area contributed by atoms with Crippen molar-refractivity contribution in [2.75, 3.05) is 7.11 Å². The number of benzene rings is 2. The molecule has 0 bridgehead atoms. The van der Waals surface area contributed by atoms with Gasteiger partial charge in [0.1, 0.15) is 5.75 Å². The minimum atomic E-state index is -0.127. The Hall–Kier alpha value is -1.07. The van der Waals surface area contributed by atoms with Gasteiger partial charge in [-0.2, -0.15) is 0 Å². The van der Waals surface area contributed by atoms with E-state index in [2.05, 4.69) is 33.5 Å². The van der Waals surface area contributed by atoms with E-state index in [0.29, 0.717) is 10.8 Å². The molecule has 0 aromatic heterocycles. The summed E-state index contributed by atoms with van der Waals surface area (Å²) < 4.78 is 6.28. The second kappa shape index (κ2) is 6.59. The number of methoxy groups -OCH3 is 1. The highest BCUT2D eigenvalue weighted by Crippen LogP contribution is 2.31. The molecule has 0 heterocycles. The van der Waals surface area contributed by atoms with Crippen molar-refractivity contribution in [3.8, 4) is 5.75 Å². The minimum Gasteiger partial charge on any atom is -0.495 e. The van der Waals surface area contributed by atoms with E-state index in [9.17, 15) is 0 Å². The lowest BCUT2D eigenvalue weighted by molar-refractivity contribution is 0.414.